The normalized spacial score (nSPS) is 12.6. The summed E-state index contributed by atoms with van der Waals surface area (Å²) in [4.78, 5) is 23.2. The largest absolute Gasteiger partial charge is 0.481 e. The number of hydrogen-bond donors (Lipinski definition) is 5. The molecule has 0 spiro atoms. The van der Waals surface area contributed by atoms with E-state index in [9.17, 15) is 23.1 Å². The molecule has 0 aliphatic heterocycles. The highest BCUT2D eigenvalue weighted by Crippen LogP contribution is 2.23. The van der Waals surface area contributed by atoms with Gasteiger partial charge in [0.05, 0.1) is 17.4 Å². The molecule has 5 N–H and O–H groups in total. The Morgan fingerprint density at radius 1 is 0.976 bits per heavy atom. The molecule has 0 saturated heterocycles. The first-order chi connectivity index (χ1) is 19.9. The van der Waals surface area contributed by atoms with Gasteiger partial charge < -0.3 is 25.4 Å². The Bertz CT molecular complexity index is 1650. The zero-order chi connectivity index (χ0) is 30.3. The van der Waals surface area contributed by atoms with Crippen LogP contribution in [0.25, 0.3) is 10.9 Å². The molecule has 0 unspecified atom stereocenters. The molecule has 1 atom stereocenters. The first kappa shape index (κ1) is 30.8. The van der Waals surface area contributed by atoms with Crippen LogP contribution in [0, 0.1) is 0 Å². The third-order valence-electron chi connectivity index (χ3n) is 6.99. The lowest BCUT2D eigenvalue weighted by atomic mass is 9.99. The molecule has 0 aliphatic carbocycles. The summed E-state index contributed by atoms with van der Waals surface area (Å²) in [5, 5.41) is 26.5. The molecule has 42 heavy (non-hydrogen) atoms. The number of aromatic nitrogens is 1. The van der Waals surface area contributed by atoms with Crippen LogP contribution in [0.2, 0.25) is 0 Å². The quantitative estimate of drug-likeness (QED) is 0.148. The van der Waals surface area contributed by atoms with E-state index in [1.807, 2.05) is 18.3 Å². The van der Waals surface area contributed by atoms with Gasteiger partial charge in [0.1, 0.15) is 0 Å². The van der Waals surface area contributed by atoms with E-state index in [1.165, 1.54) is 12.1 Å². The van der Waals surface area contributed by atoms with Gasteiger partial charge in [-0.15, -0.1) is 0 Å². The number of aryl methyl sites for hydroxylation is 1. The molecular formula is C31H36N4O6S. The number of benzene rings is 3. The molecule has 0 radical (unpaired) electrons. The molecule has 4 rings (SSSR count). The number of carbonyl (C=O) groups excluding carboxylic acids is 1. The molecule has 3 aromatic carbocycles. The highest BCUT2D eigenvalue weighted by molar-refractivity contribution is 7.92. The topological polar surface area (TPSA) is 150 Å². The predicted molar refractivity (Wildman–Crippen MR) is 162 cm³/mol. The fourth-order valence-electron chi connectivity index (χ4n) is 4.52. The SMILES string of the molecule is CC(C)(CCn1ccc2cc(C(=O)NCCC(=O)O)ccc21)NC[C@@H](O)c1cccc(NS(=O)(=O)c2ccccc2)c1. The second-order valence-corrected chi connectivity index (χ2v) is 12.4. The number of anilines is 1. The summed E-state index contributed by atoms with van der Waals surface area (Å²) in [6.45, 7) is 5.14. The van der Waals surface area contributed by atoms with Crippen LogP contribution in [0.3, 0.4) is 0 Å². The highest BCUT2D eigenvalue weighted by atomic mass is 32.2. The number of nitrogens with zero attached hydrogens (tertiary/aromatic N) is 1. The fourth-order valence-corrected chi connectivity index (χ4v) is 5.59. The maximum atomic E-state index is 12.7. The van der Waals surface area contributed by atoms with Crippen LogP contribution in [-0.4, -0.2) is 53.7 Å². The van der Waals surface area contributed by atoms with E-state index >= 15 is 0 Å². The Labute approximate surface area is 245 Å². The van der Waals surface area contributed by atoms with Crippen molar-refractivity contribution in [1.82, 2.24) is 15.2 Å². The number of aliphatic carboxylic acids is 1. The number of aliphatic hydroxyl groups excluding tert-OH is 1. The van der Waals surface area contributed by atoms with Crippen molar-refractivity contribution < 1.29 is 28.2 Å². The number of aliphatic hydroxyl groups is 1. The monoisotopic (exact) mass is 592 g/mol. The molecule has 1 heterocycles. The maximum absolute atomic E-state index is 12.7. The minimum atomic E-state index is -3.74. The smallest absolute Gasteiger partial charge is 0.305 e. The van der Waals surface area contributed by atoms with Crippen molar-refractivity contribution in [3.8, 4) is 0 Å². The van der Waals surface area contributed by atoms with E-state index in [2.05, 4.69) is 33.8 Å². The number of sulfonamides is 1. The predicted octanol–water partition coefficient (Wildman–Crippen LogP) is 4.14. The molecule has 4 aromatic rings. The lowest BCUT2D eigenvalue weighted by Gasteiger charge is -2.28. The van der Waals surface area contributed by atoms with E-state index < -0.39 is 22.1 Å². The van der Waals surface area contributed by atoms with Gasteiger partial charge in [-0.1, -0.05) is 30.3 Å². The Balaban J connectivity index is 1.32. The average Bonchev–Trinajstić information content (AvgIpc) is 3.37. The van der Waals surface area contributed by atoms with Crippen LogP contribution < -0.4 is 15.4 Å². The molecule has 10 nitrogen and oxygen atoms in total. The van der Waals surface area contributed by atoms with Gasteiger partial charge in [0.25, 0.3) is 15.9 Å². The molecule has 0 fully saturated rings. The molecule has 11 heteroatoms. The van der Waals surface area contributed by atoms with Crippen molar-refractivity contribution >= 4 is 38.5 Å². The van der Waals surface area contributed by atoms with Gasteiger partial charge in [-0.25, -0.2) is 8.42 Å². The van der Waals surface area contributed by atoms with E-state index in [-0.39, 0.29) is 35.9 Å². The van der Waals surface area contributed by atoms with E-state index in [1.54, 1.807) is 54.6 Å². The zero-order valence-electron chi connectivity index (χ0n) is 23.6. The van der Waals surface area contributed by atoms with Gasteiger partial charge in [0, 0.05) is 53.5 Å². The third kappa shape index (κ3) is 8.19. The second-order valence-electron chi connectivity index (χ2n) is 10.8. The number of hydrogen-bond acceptors (Lipinski definition) is 6. The van der Waals surface area contributed by atoms with Gasteiger partial charge in [-0.2, -0.15) is 0 Å². The molecule has 0 aliphatic rings. The number of fused-ring (bicyclic) bond motifs is 1. The first-order valence-corrected chi connectivity index (χ1v) is 15.1. The Kier molecular flexibility index (Phi) is 9.66. The molecule has 1 aromatic heterocycles. The summed E-state index contributed by atoms with van der Waals surface area (Å²) in [6.07, 6.45) is 1.73. The summed E-state index contributed by atoms with van der Waals surface area (Å²) >= 11 is 0. The summed E-state index contributed by atoms with van der Waals surface area (Å²) in [6, 6.07) is 22.2. The average molecular weight is 593 g/mol. The number of carboxylic acids is 1. The number of β-amino-alcohol motifs (C(OH)–C–C–N with tert-alkyl or cyclic N) is 1. The zero-order valence-corrected chi connectivity index (χ0v) is 24.4. The van der Waals surface area contributed by atoms with Crippen molar-refractivity contribution in [1.29, 1.82) is 0 Å². The van der Waals surface area contributed by atoms with Crippen molar-refractivity contribution in [3.63, 3.8) is 0 Å². The van der Waals surface area contributed by atoms with Crippen LogP contribution in [0.4, 0.5) is 5.69 Å². The van der Waals surface area contributed by atoms with E-state index in [4.69, 9.17) is 5.11 Å². The summed E-state index contributed by atoms with van der Waals surface area (Å²) in [5.41, 5.74) is 2.08. The molecule has 222 valence electrons. The van der Waals surface area contributed by atoms with Crippen molar-refractivity contribution in [3.05, 3.63) is 96.2 Å². The van der Waals surface area contributed by atoms with Gasteiger partial charge in [0.2, 0.25) is 0 Å². The Morgan fingerprint density at radius 3 is 2.48 bits per heavy atom. The number of carbonyl (C=O) groups is 2. The summed E-state index contributed by atoms with van der Waals surface area (Å²) in [5.74, 6) is -1.28. The van der Waals surface area contributed by atoms with Crippen LogP contribution >= 0.6 is 0 Å². The fraction of sp³-hybridized carbons (Fsp3) is 0.290. The minimum absolute atomic E-state index is 0.0719. The molecule has 1 amide bonds. The second kappa shape index (κ2) is 13.2. The van der Waals surface area contributed by atoms with Crippen LogP contribution in [0.1, 0.15) is 48.7 Å². The summed E-state index contributed by atoms with van der Waals surface area (Å²) in [7, 11) is -3.74. The number of rotatable bonds is 14. The van der Waals surface area contributed by atoms with E-state index in [0.717, 1.165) is 17.3 Å². The Hall–Kier alpha value is -4.19. The number of nitrogens with one attached hydrogen (secondary N) is 3. The first-order valence-electron chi connectivity index (χ1n) is 13.6. The number of amides is 1. The van der Waals surface area contributed by atoms with Gasteiger partial charge in [-0.3, -0.25) is 14.3 Å². The number of carboxylic acid groups (broad SMARTS) is 1. The maximum Gasteiger partial charge on any atom is 0.305 e. The van der Waals surface area contributed by atoms with E-state index in [0.29, 0.717) is 23.4 Å². The van der Waals surface area contributed by atoms with Crippen LogP contribution in [0.15, 0.2) is 90.0 Å². The van der Waals surface area contributed by atoms with Crippen LogP contribution in [0.5, 0.6) is 0 Å². The molecule has 0 saturated carbocycles. The highest BCUT2D eigenvalue weighted by Gasteiger charge is 2.21. The van der Waals surface area contributed by atoms with Gasteiger partial charge in [-0.05, 0) is 74.4 Å². The van der Waals surface area contributed by atoms with Gasteiger partial charge >= 0.3 is 5.97 Å². The molecule has 0 bridgehead atoms. The van der Waals surface area contributed by atoms with Crippen molar-refractivity contribution in [2.75, 3.05) is 17.8 Å². The van der Waals surface area contributed by atoms with Gasteiger partial charge in [0.15, 0.2) is 0 Å². The van der Waals surface area contributed by atoms with Crippen molar-refractivity contribution in [2.24, 2.45) is 0 Å². The summed E-state index contributed by atoms with van der Waals surface area (Å²) < 4.78 is 30.0. The lowest BCUT2D eigenvalue weighted by molar-refractivity contribution is -0.136. The standard InChI is InChI=1S/C31H36N4O6S/c1-31(2,15-18-35-17-14-22-19-24(11-12-27(22)35)30(39)32-16-13-29(37)38)33-21-28(36)23-7-6-8-25(20-23)34-42(40,41)26-9-4-3-5-10-26/h3-12,14,17,19-20,28,33-34,36H,13,15-16,18,21H2,1-2H3,(H,32,39)(H,37,38)/t28-/m1/s1. The lowest BCUT2D eigenvalue weighted by Crippen LogP contribution is -2.42. The minimum Gasteiger partial charge on any atom is -0.481 e. The molecular weight excluding hydrogens is 556 g/mol. The Morgan fingerprint density at radius 2 is 1.74 bits per heavy atom. The third-order valence-corrected chi connectivity index (χ3v) is 8.38. The van der Waals surface area contributed by atoms with Crippen LogP contribution in [-0.2, 0) is 21.4 Å². The van der Waals surface area contributed by atoms with Crippen molar-refractivity contribution in [2.45, 2.75) is 49.8 Å².